The monoisotopic (exact) mass is 439 g/mol. The lowest BCUT2D eigenvalue weighted by molar-refractivity contribution is -0.123. The number of para-hydroxylation sites is 1. The molecule has 1 aliphatic rings. The molecule has 2 aromatic carbocycles. The maximum Gasteiger partial charge on any atom is 0.262 e. The van der Waals surface area contributed by atoms with Crippen LogP contribution in [0.15, 0.2) is 47.6 Å². The quantitative estimate of drug-likeness (QED) is 0.335. The minimum Gasteiger partial charge on any atom is -0.493 e. The Balaban J connectivity index is 1.61. The number of fused-ring (bicyclic) bond motifs is 1. The van der Waals surface area contributed by atoms with E-state index in [0.29, 0.717) is 29.4 Å². The van der Waals surface area contributed by atoms with E-state index in [4.69, 9.17) is 14.2 Å². The van der Waals surface area contributed by atoms with Gasteiger partial charge in [-0.3, -0.25) is 9.59 Å². The van der Waals surface area contributed by atoms with Crippen LogP contribution >= 0.6 is 0 Å². The van der Waals surface area contributed by atoms with Gasteiger partial charge in [-0.1, -0.05) is 39.3 Å². The average Bonchev–Trinajstić information content (AvgIpc) is 3.26. The van der Waals surface area contributed by atoms with Crippen molar-refractivity contribution in [2.45, 2.75) is 39.7 Å². The number of nitrogens with one attached hydrogen (secondary N) is 2. The molecule has 3 rings (SSSR count). The van der Waals surface area contributed by atoms with E-state index in [0.717, 1.165) is 18.4 Å². The molecule has 0 aliphatic carbocycles. The summed E-state index contributed by atoms with van der Waals surface area (Å²) < 4.78 is 16.4. The topological polar surface area (TPSA) is 98.2 Å². The van der Waals surface area contributed by atoms with Crippen LogP contribution in [0.1, 0.15) is 49.5 Å². The normalized spacial score (nSPS) is 13.2. The Bertz CT molecular complexity index is 974. The number of unbranched alkanes of at least 4 members (excludes halogenated alkanes) is 1. The predicted molar refractivity (Wildman–Crippen MR) is 121 cm³/mol. The Morgan fingerprint density at radius 2 is 1.94 bits per heavy atom. The number of rotatable bonds is 10. The summed E-state index contributed by atoms with van der Waals surface area (Å²) in [5, 5.41) is 6.84. The van der Waals surface area contributed by atoms with E-state index in [-0.39, 0.29) is 18.6 Å². The first-order valence-electron chi connectivity index (χ1n) is 10.7. The zero-order valence-corrected chi connectivity index (χ0v) is 18.6. The summed E-state index contributed by atoms with van der Waals surface area (Å²) in [6.45, 7) is 6.55. The minimum absolute atomic E-state index is 0.127. The van der Waals surface area contributed by atoms with Gasteiger partial charge in [0.05, 0.1) is 12.8 Å². The molecule has 2 N–H and O–H groups in total. The molecule has 8 nitrogen and oxygen atoms in total. The van der Waals surface area contributed by atoms with Gasteiger partial charge >= 0.3 is 0 Å². The van der Waals surface area contributed by atoms with Crippen LogP contribution < -0.4 is 25.0 Å². The second-order valence-electron chi connectivity index (χ2n) is 7.74. The van der Waals surface area contributed by atoms with Gasteiger partial charge < -0.3 is 19.5 Å². The van der Waals surface area contributed by atoms with Crippen molar-refractivity contribution >= 4 is 18.0 Å². The number of hydrogen-bond acceptors (Lipinski definition) is 6. The Morgan fingerprint density at radius 3 is 2.72 bits per heavy atom. The second-order valence-corrected chi connectivity index (χ2v) is 7.74. The van der Waals surface area contributed by atoms with Gasteiger partial charge in [-0.2, -0.15) is 5.10 Å². The zero-order valence-electron chi connectivity index (χ0n) is 18.6. The summed E-state index contributed by atoms with van der Waals surface area (Å²) in [5.41, 5.74) is 3.66. The molecule has 0 saturated heterocycles. The maximum absolute atomic E-state index is 12.7. The third-order valence-corrected chi connectivity index (χ3v) is 4.92. The van der Waals surface area contributed by atoms with Crippen LogP contribution in [0.3, 0.4) is 0 Å². The van der Waals surface area contributed by atoms with Crippen LogP contribution in [0.4, 0.5) is 0 Å². The van der Waals surface area contributed by atoms with E-state index < -0.39 is 11.9 Å². The van der Waals surface area contributed by atoms with Crippen molar-refractivity contribution in [2.75, 3.05) is 13.4 Å². The molecule has 2 aromatic rings. The number of amides is 2. The molecule has 32 heavy (non-hydrogen) atoms. The van der Waals surface area contributed by atoms with E-state index >= 15 is 0 Å². The van der Waals surface area contributed by atoms with Crippen molar-refractivity contribution in [2.24, 2.45) is 11.0 Å². The van der Waals surface area contributed by atoms with Crippen molar-refractivity contribution in [1.82, 2.24) is 10.7 Å². The molecule has 0 bridgehead atoms. The first-order valence-corrected chi connectivity index (χ1v) is 10.7. The summed E-state index contributed by atoms with van der Waals surface area (Å²) in [6.07, 6.45) is 3.54. The van der Waals surface area contributed by atoms with Crippen LogP contribution in [0.2, 0.25) is 0 Å². The minimum atomic E-state index is -0.763. The number of hydrazone groups is 1. The van der Waals surface area contributed by atoms with Crippen molar-refractivity contribution in [3.8, 4) is 17.2 Å². The molecular formula is C24H29N3O5. The third-order valence-electron chi connectivity index (χ3n) is 4.92. The molecule has 2 amide bonds. The molecule has 1 atom stereocenters. The van der Waals surface area contributed by atoms with Crippen molar-refractivity contribution in [3.63, 3.8) is 0 Å². The third kappa shape index (κ3) is 6.00. The van der Waals surface area contributed by atoms with Gasteiger partial charge in [-0.05, 0) is 42.7 Å². The molecule has 0 aromatic heterocycles. The van der Waals surface area contributed by atoms with Gasteiger partial charge in [-0.25, -0.2) is 5.43 Å². The van der Waals surface area contributed by atoms with E-state index in [2.05, 4.69) is 22.8 Å². The molecule has 0 saturated carbocycles. The largest absolute Gasteiger partial charge is 0.493 e. The van der Waals surface area contributed by atoms with E-state index in [9.17, 15) is 9.59 Å². The first-order chi connectivity index (χ1) is 15.5. The lowest BCUT2D eigenvalue weighted by Gasteiger charge is -2.20. The van der Waals surface area contributed by atoms with Crippen molar-refractivity contribution in [3.05, 3.63) is 53.6 Å². The smallest absolute Gasteiger partial charge is 0.262 e. The van der Waals surface area contributed by atoms with Crippen LogP contribution in [0, 0.1) is 5.92 Å². The summed E-state index contributed by atoms with van der Waals surface area (Å²) >= 11 is 0. The number of ether oxygens (including phenoxy) is 3. The SMILES string of the molecule is CCCCOc1ccccc1C=NNC(=O)C(NC(=O)c1ccc2c(c1)OCO2)C(C)C. The zero-order chi connectivity index (χ0) is 22.9. The molecule has 1 unspecified atom stereocenters. The Morgan fingerprint density at radius 1 is 1.16 bits per heavy atom. The summed E-state index contributed by atoms with van der Waals surface area (Å²) in [7, 11) is 0. The van der Waals surface area contributed by atoms with Crippen molar-refractivity contribution in [1.29, 1.82) is 0 Å². The Hall–Kier alpha value is -3.55. The fourth-order valence-electron chi connectivity index (χ4n) is 3.08. The number of hydrogen-bond donors (Lipinski definition) is 2. The van der Waals surface area contributed by atoms with E-state index in [1.807, 2.05) is 38.1 Å². The predicted octanol–water partition coefficient (Wildman–Crippen LogP) is 3.50. The summed E-state index contributed by atoms with van der Waals surface area (Å²) in [6, 6.07) is 11.6. The first kappa shape index (κ1) is 23.1. The van der Waals surface area contributed by atoms with Gasteiger partial charge in [-0.15, -0.1) is 0 Å². The molecule has 170 valence electrons. The van der Waals surface area contributed by atoms with Gasteiger partial charge in [0, 0.05) is 11.1 Å². The maximum atomic E-state index is 12.7. The Labute approximate surface area is 187 Å². The van der Waals surface area contributed by atoms with E-state index in [1.54, 1.807) is 18.2 Å². The standard InChI is InChI=1S/C24H29N3O5/c1-4-5-12-30-19-9-7-6-8-18(19)14-25-27-24(29)22(16(2)3)26-23(28)17-10-11-20-21(13-17)32-15-31-20/h6-11,13-14,16,22H,4-5,12,15H2,1-3H3,(H,26,28)(H,27,29). The molecular weight excluding hydrogens is 410 g/mol. The highest BCUT2D eigenvalue weighted by Gasteiger charge is 2.25. The molecule has 1 aliphatic heterocycles. The number of benzene rings is 2. The number of nitrogens with zero attached hydrogens (tertiary/aromatic N) is 1. The summed E-state index contributed by atoms with van der Waals surface area (Å²) in [5.74, 6) is 0.870. The lowest BCUT2D eigenvalue weighted by Crippen LogP contribution is -2.48. The van der Waals surface area contributed by atoms with Gasteiger partial charge in [0.2, 0.25) is 6.79 Å². The fraction of sp³-hybridized carbons (Fsp3) is 0.375. The van der Waals surface area contributed by atoms with Crippen LogP contribution in [-0.2, 0) is 4.79 Å². The highest BCUT2D eigenvalue weighted by molar-refractivity contribution is 5.98. The fourth-order valence-corrected chi connectivity index (χ4v) is 3.08. The second kappa shape index (κ2) is 11.2. The van der Waals surface area contributed by atoms with Gasteiger partial charge in [0.15, 0.2) is 11.5 Å². The highest BCUT2D eigenvalue weighted by Crippen LogP contribution is 2.32. The average molecular weight is 440 g/mol. The highest BCUT2D eigenvalue weighted by atomic mass is 16.7. The van der Waals surface area contributed by atoms with Gasteiger partial charge in [0.1, 0.15) is 11.8 Å². The molecule has 0 spiro atoms. The summed E-state index contributed by atoms with van der Waals surface area (Å²) in [4.78, 5) is 25.4. The van der Waals surface area contributed by atoms with Crippen LogP contribution in [0.5, 0.6) is 17.2 Å². The molecule has 0 fully saturated rings. The number of carbonyl (C=O) groups excluding carboxylic acids is 2. The van der Waals surface area contributed by atoms with E-state index in [1.165, 1.54) is 6.21 Å². The lowest BCUT2D eigenvalue weighted by atomic mass is 10.0. The Kier molecular flexibility index (Phi) is 8.08. The molecule has 1 heterocycles. The molecule has 8 heteroatoms. The van der Waals surface area contributed by atoms with Crippen LogP contribution in [0.25, 0.3) is 0 Å². The van der Waals surface area contributed by atoms with Crippen molar-refractivity contribution < 1.29 is 23.8 Å². The molecule has 0 radical (unpaired) electrons. The van der Waals surface area contributed by atoms with Gasteiger partial charge in [0.25, 0.3) is 11.8 Å². The number of carbonyl (C=O) groups is 2. The van der Waals surface area contributed by atoms with Crippen LogP contribution in [-0.4, -0.2) is 37.5 Å².